The summed E-state index contributed by atoms with van der Waals surface area (Å²) in [5, 5.41) is 0. The van der Waals surface area contributed by atoms with Gasteiger partial charge in [-0.15, -0.1) is 4.44 Å². The van der Waals surface area contributed by atoms with Gasteiger partial charge in [0, 0.05) is 6.54 Å². The Hall–Kier alpha value is -0.520. The Bertz CT molecular complexity index is 415. The topological polar surface area (TPSA) is 118 Å². The first kappa shape index (κ1) is 13.5. The van der Waals surface area contributed by atoms with Crippen molar-refractivity contribution in [3.63, 3.8) is 0 Å². The molecule has 4 N–H and O–H groups in total. The van der Waals surface area contributed by atoms with E-state index in [9.17, 15) is 9.13 Å². The molecule has 0 unspecified atom stereocenters. The van der Waals surface area contributed by atoms with Gasteiger partial charge in [-0.05, 0) is 5.56 Å². The van der Waals surface area contributed by atoms with E-state index in [0.717, 1.165) is 0 Å². The van der Waals surface area contributed by atoms with E-state index < -0.39 is 22.0 Å². The average Bonchev–Trinajstić information content (AvgIpc) is 2.12. The van der Waals surface area contributed by atoms with E-state index in [-0.39, 0.29) is 4.44 Å². The molecular formula is C7H11NO6P2. The van der Waals surface area contributed by atoms with Crippen LogP contribution in [0.4, 0.5) is 0 Å². The summed E-state index contributed by atoms with van der Waals surface area (Å²) in [5.74, 6) is 0. The third-order valence-electron chi connectivity index (χ3n) is 1.77. The number of rotatable bonds is 4. The van der Waals surface area contributed by atoms with E-state index in [2.05, 4.69) is 0 Å². The minimum atomic E-state index is -4.99. The van der Waals surface area contributed by atoms with Crippen molar-refractivity contribution < 1.29 is 28.7 Å². The van der Waals surface area contributed by atoms with Crippen molar-refractivity contribution in [2.24, 2.45) is 0 Å². The highest BCUT2D eigenvalue weighted by Crippen LogP contribution is 2.58. The van der Waals surface area contributed by atoms with Gasteiger partial charge >= 0.3 is 15.5 Å². The summed E-state index contributed by atoms with van der Waals surface area (Å²) < 4.78 is 21.7. The maximum Gasteiger partial charge on any atom is 0.412 e. The summed E-state index contributed by atoms with van der Waals surface area (Å²) in [5.41, 5.74) is 0.397. The maximum absolute atomic E-state index is 10.9. The first-order valence-electron chi connectivity index (χ1n) is 4.15. The van der Waals surface area contributed by atoms with Crippen LogP contribution >= 0.6 is 15.5 Å². The molecule has 0 heterocycles. The molecule has 0 aromatic heterocycles. The molecule has 0 radical (unpaired) electrons. The molecule has 0 amide bonds. The van der Waals surface area contributed by atoms with Crippen LogP contribution in [0.3, 0.4) is 0 Å². The molecule has 9 heteroatoms. The predicted octanol–water partition coefficient (Wildman–Crippen LogP) is 0.674. The van der Waals surface area contributed by atoms with Crippen molar-refractivity contribution in [1.29, 1.82) is 0 Å². The molecule has 0 aliphatic carbocycles. The van der Waals surface area contributed by atoms with Crippen molar-refractivity contribution in [2.45, 2.75) is 6.54 Å². The van der Waals surface area contributed by atoms with Gasteiger partial charge in [0.15, 0.2) is 0 Å². The van der Waals surface area contributed by atoms with Crippen LogP contribution in [0.5, 0.6) is 0 Å². The van der Waals surface area contributed by atoms with E-state index >= 15 is 0 Å². The quantitative estimate of drug-likeness (QED) is 0.592. The highest BCUT2D eigenvalue weighted by atomic mass is 31.3. The molecule has 16 heavy (non-hydrogen) atoms. The lowest BCUT2D eigenvalue weighted by Gasteiger charge is -2.23. The van der Waals surface area contributed by atoms with Crippen molar-refractivity contribution in [3.8, 4) is 0 Å². The Morgan fingerprint density at radius 1 is 0.938 bits per heavy atom. The molecular weight excluding hydrogens is 256 g/mol. The first-order chi connectivity index (χ1) is 7.21. The van der Waals surface area contributed by atoms with Crippen molar-refractivity contribution in [3.05, 3.63) is 35.9 Å². The molecule has 1 aromatic rings. The monoisotopic (exact) mass is 267 g/mol. The number of hydrogen-bond acceptors (Lipinski definition) is 2. The van der Waals surface area contributed by atoms with E-state index in [1.165, 1.54) is 12.1 Å². The molecule has 0 aliphatic rings. The van der Waals surface area contributed by atoms with E-state index in [4.69, 9.17) is 19.6 Å². The lowest BCUT2D eigenvalue weighted by atomic mass is 10.2. The number of hydrogen-bond donors (Lipinski definition) is 4. The lowest BCUT2D eigenvalue weighted by molar-refractivity contribution is 0.266. The summed E-state index contributed by atoms with van der Waals surface area (Å²) in [6.45, 7) is -0.518. The summed E-state index contributed by atoms with van der Waals surface area (Å²) in [7, 11) is -9.99. The molecule has 90 valence electrons. The minimum absolute atomic E-state index is 0.130. The normalized spacial score (nSPS) is 13.1. The third kappa shape index (κ3) is 3.81. The molecule has 0 saturated heterocycles. The SMILES string of the molecule is O=P(O)(O)N(Cc1ccccc1)P(=O)(O)O. The summed E-state index contributed by atoms with van der Waals surface area (Å²) in [6.07, 6.45) is 0. The zero-order valence-corrected chi connectivity index (χ0v) is 9.83. The zero-order chi connectivity index (χ0) is 12.4. The Kier molecular flexibility index (Phi) is 4.04. The van der Waals surface area contributed by atoms with Gasteiger partial charge in [-0.2, -0.15) is 0 Å². The minimum Gasteiger partial charge on any atom is -0.312 e. The van der Waals surface area contributed by atoms with Gasteiger partial charge in [0.1, 0.15) is 0 Å². The fourth-order valence-electron chi connectivity index (χ4n) is 1.08. The summed E-state index contributed by atoms with van der Waals surface area (Å²) in [6, 6.07) is 7.92. The van der Waals surface area contributed by atoms with Gasteiger partial charge in [0.05, 0.1) is 0 Å². The van der Waals surface area contributed by atoms with Crippen LogP contribution in [0.2, 0.25) is 0 Å². The van der Waals surface area contributed by atoms with Gasteiger partial charge < -0.3 is 19.6 Å². The van der Waals surface area contributed by atoms with Gasteiger partial charge in [0.2, 0.25) is 0 Å². The van der Waals surface area contributed by atoms with E-state index in [1.54, 1.807) is 18.2 Å². The molecule has 0 fully saturated rings. The first-order valence-corrected chi connectivity index (χ1v) is 7.28. The molecule has 0 atom stereocenters. The van der Waals surface area contributed by atoms with E-state index in [0.29, 0.717) is 5.56 Å². The third-order valence-corrected chi connectivity index (χ3v) is 4.65. The Balaban J connectivity index is 2.99. The van der Waals surface area contributed by atoms with Crippen LogP contribution in [0.25, 0.3) is 0 Å². The van der Waals surface area contributed by atoms with Gasteiger partial charge in [0.25, 0.3) is 0 Å². The van der Waals surface area contributed by atoms with Crippen molar-refractivity contribution >= 4 is 15.5 Å². The average molecular weight is 267 g/mol. The molecule has 1 aromatic carbocycles. The lowest BCUT2D eigenvalue weighted by Crippen LogP contribution is -2.16. The predicted molar refractivity (Wildman–Crippen MR) is 56.1 cm³/mol. The summed E-state index contributed by atoms with van der Waals surface area (Å²) >= 11 is 0. The largest absolute Gasteiger partial charge is 0.412 e. The fourth-order valence-corrected chi connectivity index (χ4v) is 2.99. The zero-order valence-electron chi connectivity index (χ0n) is 8.04. The van der Waals surface area contributed by atoms with Crippen LogP contribution in [-0.2, 0) is 15.7 Å². The van der Waals surface area contributed by atoms with Crippen LogP contribution in [0.1, 0.15) is 5.56 Å². The second kappa shape index (κ2) is 4.77. The Labute approximate surface area is 91.8 Å². The van der Waals surface area contributed by atoms with Crippen molar-refractivity contribution in [2.75, 3.05) is 0 Å². The van der Waals surface area contributed by atoms with Crippen LogP contribution in [0, 0.1) is 0 Å². The fraction of sp³-hybridized carbons (Fsp3) is 0.143. The highest BCUT2D eigenvalue weighted by molar-refractivity contribution is 7.64. The molecule has 0 aliphatic heterocycles. The second-order valence-corrected chi connectivity index (χ2v) is 6.38. The molecule has 1 rings (SSSR count). The molecule has 0 saturated carbocycles. The van der Waals surface area contributed by atoms with Crippen molar-refractivity contribution in [1.82, 2.24) is 4.44 Å². The second-order valence-electron chi connectivity index (χ2n) is 3.04. The summed E-state index contributed by atoms with van der Waals surface area (Å²) in [4.78, 5) is 35.3. The smallest absolute Gasteiger partial charge is 0.312 e. The van der Waals surface area contributed by atoms with Crippen LogP contribution in [-0.4, -0.2) is 24.0 Å². The highest BCUT2D eigenvalue weighted by Gasteiger charge is 2.39. The maximum atomic E-state index is 10.9. The Morgan fingerprint density at radius 3 is 1.75 bits per heavy atom. The number of nitrogens with zero attached hydrogens (tertiary/aromatic N) is 1. The van der Waals surface area contributed by atoms with Gasteiger partial charge in [-0.1, -0.05) is 30.3 Å². The van der Waals surface area contributed by atoms with Gasteiger partial charge in [-0.3, -0.25) is 0 Å². The Morgan fingerprint density at radius 2 is 1.38 bits per heavy atom. The molecule has 7 nitrogen and oxygen atoms in total. The van der Waals surface area contributed by atoms with Crippen LogP contribution in [0.15, 0.2) is 30.3 Å². The standard InChI is InChI=1S/C7H11NO6P2/c9-15(10,11)8(16(12,13)14)6-7-4-2-1-3-5-7/h1-5H,6H2,(H2,9,10,11)(H2,12,13,14). The molecule has 0 bridgehead atoms. The molecule has 0 spiro atoms. The van der Waals surface area contributed by atoms with Gasteiger partial charge in [-0.25, -0.2) is 9.13 Å². The van der Waals surface area contributed by atoms with E-state index in [1.807, 2.05) is 0 Å². The number of benzene rings is 1. The van der Waals surface area contributed by atoms with Crippen LogP contribution < -0.4 is 0 Å².